The molecule has 1 aromatic carbocycles. The number of rotatable bonds is 7. The molecule has 0 spiro atoms. The van der Waals surface area contributed by atoms with Crippen molar-refractivity contribution < 1.29 is 9.53 Å². The van der Waals surface area contributed by atoms with E-state index in [0.717, 1.165) is 17.0 Å². The first-order chi connectivity index (χ1) is 12.7. The number of pyridine rings is 1. The second-order valence-electron chi connectivity index (χ2n) is 5.68. The Morgan fingerprint density at radius 1 is 1.27 bits per heavy atom. The van der Waals surface area contributed by atoms with Crippen molar-refractivity contribution in [3.05, 3.63) is 81.3 Å². The van der Waals surface area contributed by atoms with Crippen molar-refractivity contribution in [2.45, 2.75) is 26.0 Å². The van der Waals surface area contributed by atoms with Crippen LogP contribution in [-0.2, 0) is 6.54 Å². The molecule has 6 heteroatoms. The van der Waals surface area contributed by atoms with Gasteiger partial charge in [0.15, 0.2) is 0 Å². The molecule has 1 N–H and O–H groups in total. The molecule has 0 bridgehead atoms. The van der Waals surface area contributed by atoms with Crippen LogP contribution in [0.5, 0.6) is 5.75 Å². The molecule has 0 saturated heterocycles. The molecular weight excluding hydrogens is 368 g/mol. The van der Waals surface area contributed by atoms with E-state index in [0.29, 0.717) is 22.9 Å². The van der Waals surface area contributed by atoms with Gasteiger partial charge in [0.1, 0.15) is 11.9 Å². The maximum atomic E-state index is 12.4. The number of benzene rings is 1. The molecule has 0 aliphatic rings. The van der Waals surface area contributed by atoms with Gasteiger partial charge in [0.25, 0.3) is 5.91 Å². The topological polar surface area (TPSA) is 51.2 Å². The van der Waals surface area contributed by atoms with Gasteiger partial charge < -0.3 is 10.1 Å². The number of amides is 1. The van der Waals surface area contributed by atoms with Crippen LogP contribution in [0.3, 0.4) is 0 Å². The largest absolute Gasteiger partial charge is 0.485 e. The summed E-state index contributed by atoms with van der Waals surface area (Å²) in [6.07, 6.45) is 2.36. The number of nitrogens with one attached hydrogen (secondary N) is 1. The van der Waals surface area contributed by atoms with Crippen LogP contribution in [0.25, 0.3) is 0 Å². The Hall–Kier alpha value is -2.37. The summed E-state index contributed by atoms with van der Waals surface area (Å²) in [5.74, 6) is 0.482. The Balaban J connectivity index is 1.67. The Labute approximate surface area is 161 Å². The van der Waals surface area contributed by atoms with E-state index in [9.17, 15) is 4.79 Å². The molecule has 2 heterocycles. The van der Waals surface area contributed by atoms with E-state index in [1.807, 2.05) is 48.7 Å². The third kappa shape index (κ3) is 4.62. The first-order valence-electron chi connectivity index (χ1n) is 8.35. The van der Waals surface area contributed by atoms with Gasteiger partial charge in [-0.15, -0.1) is 11.3 Å². The lowest BCUT2D eigenvalue weighted by Crippen LogP contribution is -2.23. The molecule has 0 radical (unpaired) electrons. The van der Waals surface area contributed by atoms with Crippen LogP contribution in [-0.4, -0.2) is 10.9 Å². The standard InChI is InChI=1S/C20H19ClN2O2S/c1-2-18(19-17(21)9-11-26-19)25-16-8-5-6-14(12-16)20(24)23-13-15-7-3-4-10-22-15/h3-12,18H,2,13H2,1H3,(H,23,24). The summed E-state index contributed by atoms with van der Waals surface area (Å²) in [4.78, 5) is 17.6. The third-order valence-electron chi connectivity index (χ3n) is 3.84. The normalized spacial score (nSPS) is 11.8. The van der Waals surface area contributed by atoms with Crippen LogP contribution in [0.2, 0.25) is 5.02 Å². The van der Waals surface area contributed by atoms with Crippen molar-refractivity contribution in [2.75, 3.05) is 0 Å². The van der Waals surface area contributed by atoms with Crippen molar-refractivity contribution in [1.29, 1.82) is 0 Å². The Morgan fingerprint density at radius 3 is 2.85 bits per heavy atom. The minimum atomic E-state index is -0.164. The average Bonchev–Trinajstić information content (AvgIpc) is 3.11. The number of halogens is 1. The minimum absolute atomic E-state index is 0.130. The molecular formula is C20H19ClN2O2S. The molecule has 0 aliphatic heterocycles. The van der Waals surface area contributed by atoms with Crippen molar-refractivity contribution in [1.82, 2.24) is 10.3 Å². The molecule has 2 aromatic heterocycles. The van der Waals surface area contributed by atoms with E-state index < -0.39 is 0 Å². The van der Waals surface area contributed by atoms with Crippen LogP contribution in [0.4, 0.5) is 0 Å². The van der Waals surface area contributed by atoms with Gasteiger partial charge in [0.05, 0.1) is 22.1 Å². The molecule has 3 rings (SSSR count). The number of nitrogens with zero attached hydrogens (tertiary/aromatic N) is 1. The highest BCUT2D eigenvalue weighted by molar-refractivity contribution is 7.10. The highest BCUT2D eigenvalue weighted by atomic mass is 35.5. The van der Waals surface area contributed by atoms with Gasteiger partial charge in [-0.25, -0.2) is 0 Å². The van der Waals surface area contributed by atoms with Gasteiger partial charge in [0.2, 0.25) is 0 Å². The Morgan fingerprint density at radius 2 is 2.15 bits per heavy atom. The zero-order valence-electron chi connectivity index (χ0n) is 14.3. The predicted octanol–water partition coefficient (Wildman–Crippen LogP) is 5.26. The van der Waals surface area contributed by atoms with Crippen molar-refractivity contribution in [3.63, 3.8) is 0 Å². The monoisotopic (exact) mass is 386 g/mol. The number of carbonyl (C=O) groups is 1. The third-order valence-corrected chi connectivity index (χ3v) is 5.29. The van der Waals surface area contributed by atoms with Crippen LogP contribution in [0, 0.1) is 0 Å². The van der Waals surface area contributed by atoms with Crippen LogP contribution in [0.1, 0.15) is 40.4 Å². The average molecular weight is 387 g/mol. The Kier molecular flexibility index (Phi) is 6.26. The Bertz CT molecular complexity index is 867. The highest BCUT2D eigenvalue weighted by Gasteiger charge is 2.17. The van der Waals surface area contributed by atoms with Gasteiger partial charge in [-0.2, -0.15) is 0 Å². The first-order valence-corrected chi connectivity index (χ1v) is 9.61. The SMILES string of the molecule is CCC(Oc1cccc(C(=O)NCc2ccccn2)c1)c1sccc1Cl. The smallest absolute Gasteiger partial charge is 0.251 e. The lowest BCUT2D eigenvalue weighted by Gasteiger charge is -2.17. The fraction of sp³-hybridized carbons (Fsp3) is 0.200. The molecule has 0 aliphatic carbocycles. The summed E-state index contributed by atoms with van der Waals surface area (Å²) in [6.45, 7) is 2.43. The molecule has 26 heavy (non-hydrogen) atoms. The second-order valence-corrected chi connectivity index (χ2v) is 7.03. The number of hydrogen-bond donors (Lipinski definition) is 1. The van der Waals surface area contributed by atoms with E-state index in [1.165, 1.54) is 0 Å². The first kappa shape index (κ1) is 18.4. The van der Waals surface area contributed by atoms with Crippen molar-refractivity contribution in [2.24, 2.45) is 0 Å². The lowest BCUT2D eigenvalue weighted by atomic mass is 10.2. The van der Waals surface area contributed by atoms with Crippen LogP contribution < -0.4 is 10.1 Å². The maximum absolute atomic E-state index is 12.4. The maximum Gasteiger partial charge on any atom is 0.251 e. The van der Waals surface area contributed by atoms with E-state index in [1.54, 1.807) is 29.7 Å². The lowest BCUT2D eigenvalue weighted by molar-refractivity contribution is 0.0949. The summed E-state index contributed by atoms with van der Waals surface area (Å²) in [5.41, 5.74) is 1.36. The molecule has 4 nitrogen and oxygen atoms in total. The quantitative estimate of drug-likeness (QED) is 0.602. The number of carbonyl (C=O) groups excluding carboxylic acids is 1. The second kappa shape index (κ2) is 8.83. The zero-order valence-corrected chi connectivity index (χ0v) is 15.9. The van der Waals surface area contributed by atoms with Crippen LogP contribution in [0.15, 0.2) is 60.1 Å². The van der Waals surface area contributed by atoms with Gasteiger partial charge >= 0.3 is 0 Å². The molecule has 0 saturated carbocycles. The predicted molar refractivity (Wildman–Crippen MR) is 105 cm³/mol. The van der Waals surface area contributed by atoms with Gasteiger partial charge in [-0.05, 0) is 48.2 Å². The molecule has 3 aromatic rings. The van der Waals surface area contributed by atoms with Crippen molar-refractivity contribution in [3.8, 4) is 5.75 Å². The van der Waals surface area contributed by atoms with Gasteiger partial charge in [0, 0.05) is 11.8 Å². The summed E-state index contributed by atoms with van der Waals surface area (Å²) >= 11 is 7.80. The summed E-state index contributed by atoms with van der Waals surface area (Å²) in [7, 11) is 0. The fourth-order valence-corrected chi connectivity index (χ4v) is 3.80. The summed E-state index contributed by atoms with van der Waals surface area (Å²) in [5, 5.41) is 5.53. The summed E-state index contributed by atoms with van der Waals surface area (Å²) < 4.78 is 6.08. The molecule has 1 amide bonds. The van der Waals surface area contributed by atoms with E-state index in [-0.39, 0.29) is 12.0 Å². The van der Waals surface area contributed by atoms with E-state index in [2.05, 4.69) is 10.3 Å². The number of hydrogen-bond acceptors (Lipinski definition) is 4. The molecule has 134 valence electrons. The molecule has 1 atom stereocenters. The zero-order chi connectivity index (χ0) is 18.4. The van der Waals surface area contributed by atoms with Gasteiger partial charge in [-0.1, -0.05) is 30.7 Å². The van der Waals surface area contributed by atoms with E-state index >= 15 is 0 Å². The highest BCUT2D eigenvalue weighted by Crippen LogP contribution is 2.34. The van der Waals surface area contributed by atoms with E-state index in [4.69, 9.17) is 16.3 Å². The van der Waals surface area contributed by atoms with Crippen molar-refractivity contribution >= 4 is 28.8 Å². The fourth-order valence-electron chi connectivity index (χ4n) is 2.51. The minimum Gasteiger partial charge on any atom is -0.485 e. The number of thiophene rings is 1. The summed E-state index contributed by atoms with van der Waals surface area (Å²) in [6, 6.07) is 14.6. The number of aromatic nitrogens is 1. The number of ether oxygens (including phenoxy) is 1. The van der Waals surface area contributed by atoms with Crippen LogP contribution >= 0.6 is 22.9 Å². The molecule has 0 fully saturated rings. The molecule has 1 unspecified atom stereocenters. The van der Waals surface area contributed by atoms with Gasteiger partial charge in [-0.3, -0.25) is 9.78 Å².